The van der Waals surface area contributed by atoms with Crippen LogP contribution < -0.4 is 11.1 Å². The number of nitrogens with zero attached hydrogens (tertiary/aromatic N) is 1. The molecule has 0 spiro atoms. The molecule has 2 rings (SSSR count). The molecule has 2 fully saturated rings. The van der Waals surface area contributed by atoms with Crippen LogP contribution in [0.2, 0.25) is 0 Å². The summed E-state index contributed by atoms with van der Waals surface area (Å²) in [6.45, 7) is 1.86. The molecule has 0 aromatic rings. The van der Waals surface area contributed by atoms with E-state index >= 15 is 0 Å². The molecule has 0 bridgehead atoms. The summed E-state index contributed by atoms with van der Waals surface area (Å²) in [5.41, 5.74) is 5.97. The van der Waals surface area contributed by atoms with Crippen molar-refractivity contribution in [1.29, 1.82) is 0 Å². The van der Waals surface area contributed by atoms with Gasteiger partial charge < -0.3 is 16.0 Å². The maximum Gasteiger partial charge on any atom is 0.226 e. The minimum Gasteiger partial charge on any atom is -0.338 e. The van der Waals surface area contributed by atoms with Crippen LogP contribution in [0.5, 0.6) is 0 Å². The van der Waals surface area contributed by atoms with E-state index in [1.54, 1.807) is 0 Å². The molecule has 1 aliphatic carbocycles. The van der Waals surface area contributed by atoms with Crippen LogP contribution in [-0.2, 0) is 4.79 Å². The highest BCUT2D eigenvalue weighted by atomic mass is 16.2. The summed E-state index contributed by atoms with van der Waals surface area (Å²) in [5, 5.41) is 3.19. The van der Waals surface area contributed by atoms with E-state index in [0.29, 0.717) is 11.9 Å². The van der Waals surface area contributed by atoms with Crippen LogP contribution in [0.3, 0.4) is 0 Å². The molecule has 3 N–H and O–H groups in total. The Labute approximate surface area is 104 Å². The molecule has 0 unspecified atom stereocenters. The van der Waals surface area contributed by atoms with Crippen LogP contribution in [-0.4, -0.2) is 43.0 Å². The van der Waals surface area contributed by atoms with Crippen molar-refractivity contribution >= 4 is 5.91 Å². The second-order valence-corrected chi connectivity index (χ2v) is 5.51. The molecule has 4 heteroatoms. The number of hydrogen-bond donors (Lipinski definition) is 2. The van der Waals surface area contributed by atoms with Gasteiger partial charge in [0.25, 0.3) is 0 Å². The van der Waals surface area contributed by atoms with Crippen molar-refractivity contribution in [3.05, 3.63) is 0 Å². The van der Waals surface area contributed by atoms with E-state index in [9.17, 15) is 4.79 Å². The third kappa shape index (κ3) is 2.99. The highest BCUT2D eigenvalue weighted by Crippen LogP contribution is 2.28. The first-order chi connectivity index (χ1) is 8.22. The molecule has 4 nitrogen and oxygen atoms in total. The van der Waals surface area contributed by atoms with Crippen molar-refractivity contribution in [2.45, 2.75) is 50.6 Å². The Morgan fingerprint density at radius 1 is 1.35 bits per heavy atom. The van der Waals surface area contributed by atoms with Gasteiger partial charge in [-0.2, -0.15) is 0 Å². The SMILES string of the molecule is CNC[C@@H]1CCCN1C(=O)[C@H]1CCC[C@H](N)C1. The summed E-state index contributed by atoms with van der Waals surface area (Å²) in [6, 6.07) is 0.647. The van der Waals surface area contributed by atoms with Gasteiger partial charge in [-0.05, 0) is 39.2 Å². The van der Waals surface area contributed by atoms with Crippen LogP contribution in [0.1, 0.15) is 38.5 Å². The Bertz CT molecular complexity index is 269. The fourth-order valence-electron chi connectivity index (χ4n) is 3.26. The Hall–Kier alpha value is -0.610. The van der Waals surface area contributed by atoms with E-state index in [-0.39, 0.29) is 12.0 Å². The summed E-state index contributed by atoms with van der Waals surface area (Å²) < 4.78 is 0. The van der Waals surface area contributed by atoms with Gasteiger partial charge in [0.05, 0.1) is 0 Å². The number of hydrogen-bond acceptors (Lipinski definition) is 3. The highest BCUT2D eigenvalue weighted by molar-refractivity contribution is 5.79. The second kappa shape index (κ2) is 5.83. The molecule has 0 aromatic heterocycles. The van der Waals surface area contributed by atoms with E-state index in [2.05, 4.69) is 10.2 Å². The van der Waals surface area contributed by atoms with Gasteiger partial charge in [-0.1, -0.05) is 6.42 Å². The average molecular weight is 239 g/mol. The lowest BCUT2D eigenvalue weighted by Gasteiger charge is -2.32. The fourth-order valence-corrected chi connectivity index (χ4v) is 3.26. The van der Waals surface area contributed by atoms with E-state index in [1.165, 1.54) is 0 Å². The van der Waals surface area contributed by atoms with E-state index in [4.69, 9.17) is 5.73 Å². The number of nitrogens with one attached hydrogen (secondary N) is 1. The van der Waals surface area contributed by atoms with Gasteiger partial charge in [0, 0.05) is 31.1 Å². The second-order valence-electron chi connectivity index (χ2n) is 5.51. The van der Waals surface area contributed by atoms with Crippen molar-refractivity contribution in [2.75, 3.05) is 20.1 Å². The van der Waals surface area contributed by atoms with Crippen molar-refractivity contribution in [3.8, 4) is 0 Å². The summed E-state index contributed by atoms with van der Waals surface area (Å²) >= 11 is 0. The smallest absolute Gasteiger partial charge is 0.226 e. The normalized spacial score (nSPS) is 34.0. The molecule has 0 radical (unpaired) electrons. The zero-order valence-electron chi connectivity index (χ0n) is 10.8. The van der Waals surface area contributed by atoms with Gasteiger partial charge in [-0.15, -0.1) is 0 Å². The zero-order chi connectivity index (χ0) is 12.3. The molecular weight excluding hydrogens is 214 g/mol. The average Bonchev–Trinajstić information content (AvgIpc) is 2.77. The third-order valence-corrected chi connectivity index (χ3v) is 4.16. The number of amides is 1. The molecule has 17 heavy (non-hydrogen) atoms. The lowest BCUT2D eigenvalue weighted by Crippen LogP contribution is -2.45. The first-order valence-electron chi connectivity index (χ1n) is 6.93. The van der Waals surface area contributed by atoms with Crippen molar-refractivity contribution in [3.63, 3.8) is 0 Å². The number of rotatable bonds is 3. The van der Waals surface area contributed by atoms with Crippen LogP contribution in [0.15, 0.2) is 0 Å². The molecule has 0 aromatic carbocycles. The lowest BCUT2D eigenvalue weighted by atomic mass is 9.85. The standard InChI is InChI=1S/C13H25N3O/c1-15-9-12-6-3-7-16(12)13(17)10-4-2-5-11(14)8-10/h10-12,15H,2-9,14H2,1H3/t10-,11-,12-/m0/s1. The highest BCUT2D eigenvalue weighted by Gasteiger charge is 2.34. The Morgan fingerprint density at radius 2 is 2.18 bits per heavy atom. The van der Waals surface area contributed by atoms with Gasteiger partial charge in [0.1, 0.15) is 0 Å². The molecule has 3 atom stereocenters. The molecule has 1 heterocycles. The maximum atomic E-state index is 12.5. The van der Waals surface area contributed by atoms with Crippen molar-refractivity contribution < 1.29 is 4.79 Å². The number of likely N-dealkylation sites (tertiary alicyclic amines) is 1. The van der Waals surface area contributed by atoms with E-state index < -0.39 is 0 Å². The Morgan fingerprint density at radius 3 is 2.88 bits per heavy atom. The van der Waals surface area contributed by atoms with Crippen LogP contribution in [0.4, 0.5) is 0 Å². The van der Waals surface area contributed by atoms with Gasteiger partial charge >= 0.3 is 0 Å². The quantitative estimate of drug-likeness (QED) is 0.763. The zero-order valence-corrected chi connectivity index (χ0v) is 10.8. The number of likely N-dealkylation sites (N-methyl/N-ethyl adjacent to an activating group) is 1. The fraction of sp³-hybridized carbons (Fsp3) is 0.923. The molecular formula is C13H25N3O. The van der Waals surface area contributed by atoms with Crippen LogP contribution in [0.25, 0.3) is 0 Å². The lowest BCUT2D eigenvalue weighted by molar-refractivity contribution is -0.137. The molecule has 1 saturated heterocycles. The predicted octanol–water partition coefficient (Wildman–Crippen LogP) is 0.714. The minimum absolute atomic E-state index is 0.191. The molecule has 1 aliphatic heterocycles. The molecule has 2 aliphatic rings. The predicted molar refractivity (Wildman–Crippen MR) is 68.6 cm³/mol. The molecule has 1 saturated carbocycles. The topological polar surface area (TPSA) is 58.4 Å². The molecule has 1 amide bonds. The van der Waals surface area contributed by atoms with Gasteiger partial charge in [-0.25, -0.2) is 0 Å². The van der Waals surface area contributed by atoms with Gasteiger partial charge in [0.15, 0.2) is 0 Å². The third-order valence-electron chi connectivity index (χ3n) is 4.16. The van der Waals surface area contributed by atoms with Crippen LogP contribution in [0, 0.1) is 5.92 Å². The number of nitrogens with two attached hydrogens (primary N) is 1. The monoisotopic (exact) mass is 239 g/mol. The Balaban J connectivity index is 1.93. The number of carbonyl (C=O) groups is 1. The van der Waals surface area contributed by atoms with E-state index in [1.807, 2.05) is 7.05 Å². The Kier molecular flexibility index (Phi) is 4.40. The summed E-state index contributed by atoms with van der Waals surface area (Å²) in [4.78, 5) is 14.6. The summed E-state index contributed by atoms with van der Waals surface area (Å²) in [5.74, 6) is 0.550. The summed E-state index contributed by atoms with van der Waals surface area (Å²) in [6.07, 6.45) is 6.42. The van der Waals surface area contributed by atoms with Crippen molar-refractivity contribution in [1.82, 2.24) is 10.2 Å². The van der Waals surface area contributed by atoms with Gasteiger partial charge in [0.2, 0.25) is 5.91 Å². The molecule has 98 valence electrons. The van der Waals surface area contributed by atoms with Gasteiger partial charge in [-0.3, -0.25) is 4.79 Å². The summed E-state index contributed by atoms with van der Waals surface area (Å²) in [7, 11) is 1.96. The first kappa shape index (κ1) is 12.8. The van der Waals surface area contributed by atoms with E-state index in [0.717, 1.165) is 51.6 Å². The minimum atomic E-state index is 0.191. The van der Waals surface area contributed by atoms with Crippen LogP contribution >= 0.6 is 0 Å². The largest absolute Gasteiger partial charge is 0.338 e. The van der Waals surface area contributed by atoms with Crippen molar-refractivity contribution in [2.24, 2.45) is 11.7 Å². The number of carbonyl (C=O) groups excluding carboxylic acids is 1. The first-order valence-corrected chi connectivity index (χ1v) is 6.93. The maximum absolute atomic E-state index is 12.5.